The van der Waals surface area contributed by atoms with Crippen molar-refractivity contribution in [2.45, 2.75) is 6.42 Å². The van der Waals surface area contributed by atoms with Crippen molar-refractivity contribution in [1.82, 2.24) is 10.3 Å². The van der Waals surface area contributed by atoms with Gasteiger partial charge in [-0.15, -0.1) is 0 Å². The number of hydrogen-bond donors (Lipinski definition) is 2. The highest BCUT2D eigenvalue weighted by Crippen LogP contribution is 2.22. The molecule has 2 N–H and O–H groups in total. The number of pyridine rings is 1. The lowest BCUT2D eigenvalue weighted by Crippen LogP contribution is -2.20. The Kier molecular flexibility index (Phi) is 2.53. The van der Waals surface area contributed by atoms with Gasteiger partial charge in [-0.1, -0.05) is 12.1 Å². The molecule has 0 atom stereocenters. The van der Waals surface area contributed by atoms with Gasteiger partial charge in [0, 0.05) is 18.1 Å². The Morgan fingerprint density at radius 1 is 1.12 bits per heavy atom. The van der Waals surface area contributed by atoms with E-state index < -0.39 is 0 Å². The van der Waals surface area contributed by atoms with E-state index in [0.29, 0.717) is 0 Å². The second kappa shape index (κ2) is 4.18. The number of rotatable bonds is 1. The second-order valence-electron chi connectivity index (χ2n) is 4.31. The van der Waals surface area contributed by atoms with Crippen LogP contribution in [0.25, 0.3) is 16.5 Å². The first-order chi connectivity index (χ1) is 8.33. The Bertz CT molecular complexity index is 640. The van der Waals surface area contributed by atoms with E-state index in [0.717, 1.165) is 30.4 Å². The van der Waals surface area contributed by atoms with Crippen LogP contribution in [0.1, 0.15) is 12.0 Å². The average molecular weight is 226 g/mol. The third-order valence-electron chi connectivity index (χ3n) is 3.16. The number of aromatic amines is 1. The van der Waals surface area contributed by atoms with Crippen LogP contribution >= 0.6 is 0 Å². The lowest BCUT2D eigenvalue weighted by molar-refractivity contribution is 0.739. The summed E-state index contributed by atoms with van der Waals surface area (Å²) in [6, 6.07) is 9.65. The summed E-state index contributed by atoms with van der Waals surface area (Å²) in [7, 11) is 0. The van der Waals surface area contributed by atoms with E-state index in [1.807, 2.05) is 12.1 Å². The Morgan fingerprint density at radius 3 is 2.88 bits per heavy atom. The van der Waals surface area contributed by atoms with E-state index >= 15 is 0 Å². The predicted octanol–water partition coefficient (Wildman–Crippen LogP) is 1.90. The van der Waals surface area contributed by atoms with Crippen LogP contribution in [0.4, 0.5) is 0 Å². The number of hydrogen-bond acceptors (Lipinski definition) is 2. The first kappa shape index (κ1) is 10.3. The summed E-state index contributed by atoms with van der Waals surface area (Å²) < 4.78 is 0. The molecule has 0 radical (unpaired) electrons. The van der Waals surface area contributed by atoms with Crippen molar-refractivity contribution in [3.63, 3.8) is 0 Å². The molecule has 1 aliphatic heterocycles. The van der Waals surface area contributed by atoms with Crippen molar-refractivity contribution < 1.29 is 0 Å². The summed E-state index contributed by atoms with van der Waals surface area (Å²) in [5, 5.41) is 4.39. The van der Waals surface area contributed by atoms with Gasteiger partial charge in [-0.25, -0.2) is 0 Å². The molecule has 0 saturated carbocycles. The fraction of sp³-hybridized carbons (Fsp3) is 0.214. The zero-order valence-electron chi connectivity index (χ0n) is 9.49. The van der Waals surface area contributed by atoms with Gasteiger partial charge in [-0.2, -0.15) is 0 Å². The molecule has 0 unspecified atom stereocenters. The maximum atomic E-state index is 11.2. The van der Waals surface area contributed by atoms with Crippen LogP contribution in [0.3, 0.4) is 0 Å². The SMILES string of the molecule is O=c1ccc2cc(C3=CCNCC3)ccc2[nH]1. The normalized spacial score (nSPS) is 15.9. The lowest BCUT2D eigenvalue weighted by Gasteiger charge is -2.14. The molecular formula is C14H14N2O. The van der Waals surface area contributed by atoms with Gasteiger partial charge >= 0.3 is 0 Å². The highest BCUT2D eigenvalue weighted by molar-refractivity contribution is 5.83. The minimum Gasteiger partial charge on any atom is -0.322 e. The molecule has 17 heavy (non-hydrogen) atoms. The number of benzene rings is 1. The monoisotopic (exact) mass is 226 g/mol. The smallest absolute Gasteiger partial charge is 0.248 e. The topological polar surface area (TPSA) is 44.9 Å². The van der Waals surface area contributed by atoms with Crippen LogP contribution in [0.2, 0.25) is 0 Å². The molecule has 2 aromatic rings. The summed E-state index contributed by atoms with van der Waals surface area (Å²) >= 11 is 0. The van der Waals surface area contributed by atoms with E-state index in [1.165, 1.54) is 11.1 Å². The van der Waals surface area contributed by atoms with Gasteiger partial charge in [0.2, 0.25) is 5.56 Å². The van der Waals surface area contributed by atoms with Crippen LogP contribution in [0.15, 0.2) is 41.2 Å². The van der Waals surface area contributed by atoms with E-state index in [-0.39, 0.29) is 5.56 Å². The summed E-state index contributed by atoms with van der Waals surface area (Å²) in [4.78, 5) is 14.0. The molecule has 2 heterocycles. The molecule has 1 aliphatic rings. The molecule has 0 amide bonds. The van der Waals surface area contributed by atoms with Crippen molar-refractivity contribution in [2.75, 3.05) is 13.1 Å². The summed E-state index contributed by atoms with van der Waals surface area (Å²) in [5.74, 6) is 0. The fourth-order valence-electron chi connectivity index (χ4n) is 2.24. The van der Waals surface area contributed by atoms with Gasteiger partial charge in [0.15, 0.2) is 0 Å². The van der Waals surface area contributed by atoms with Crippen LogP contribution in [-0.4, -0.2) is 18.1 Å². The molecule has 86 valence electrons. The molecule has 0 aliphatic carbocycles. The lowest BCUT2D eigenvalue weighted by atomic mass is 9.99. The molecule has 0 spiro atoms. The number of fused-ring (bicyclic) bond motifs is 1. The zero-order valence-corrected chi connectivity index (χ0v) is 9.49. The Labute approximate surface area is 99.2 Å². The molecule has 1 aromatic carbocycles. The molecule has 3 nitrogen and oxygen atoms in total. The Morgan fingerprint density at radius 2 is 2.06 bits per heavy atom. The number of nitrogens with one attached hydrogen (secondary N) is 2. The van der Waals surface area contributed by atoms with E-state index in [2.05, 4.69) is 28.5 Å². The van der Waals surface area contributed by atoms with Gasteiger partial charge in [-0.3, -0.25) is 4.79 Å². The number of H-pyrrole nitrogens is 1. The largest absolute Gasteiger partial charge is 0.322 e. The minimum atomic E-state index is -0.0497. The first-order valence-corrected chi connectivity index (χ1v) is 5.86. The third-order valence-corrected chi connectivity index (χ3v) is 3.16. The van der Waals surface area contributed by atoms with Crippen LogP contribution in [0, 0.1) is 0 Å². The quantitative estimate of drug-likeness (QED) is 0.780. The summed E-state index contributed by atoms with van der Waals surface area (Å²) in [6.07, 6.45) is 3.30. The standard InChI is InChI=1S/C14H14N2O/c17-14-4-2-12-9-11(1-3-13(12)16-14)10-5-7-15-8-6-10/h1-5,9,15H,6-8H2,(H,16,17). The van der Waals surface area contributed by atoms with Crippen molar-refractivity contribution in [1.29, 1.82) is 0 Å². The maximum absolute atomic E-state index is 11.2. The van der Waals surface area contributed by atoms with E-state index in [4.69, 9.17) is 0 Å². The van der Waals surface area contributed by atoms with Gasteiger partial charge in [0.25, 0.3) is 0 Å². The number of aromatic nitrogens is 1. The van der Waals surface area contributed by atoms with Crippen LogP contribution in [-0.2, 0) is 0 Å². The van der Waals surface area contributed by atoms with E-state index in [1.54, 1.807) is 6.07 Å². The molecule has 3 rings (SSSR count). The molecule has 1 aromatic heterocycles. The van der Waals surface area contributed by atoms with Crippen molar-refractivity contribution in [3.8, 4) is 0 Å². The molecular weight excluding hydrogens is 212 g/mol. The predicted molar refractivity (Wildman–Crippen MR) is 70.0 cm³/mol. The maximum Gasteiger partial charge on any atom is 0.248 e. The minimum absolute atomic E-state index is 0.0497. The van der Waals surface area contributed by atoms with Crippen LogP contribution < -0.4 is 10.9 Å². The van der Waals surface area contributed by atoms with E-state index in [9.17, 15) is 4.79 Å². The average Bonchev–Trinajstić information content (AvgIpc) is 2.39. The van der Waals surface area contributed by atoms with Crippen LogP contribution in [0.5, 0.6) is 0 Å². The third kappa shape index (κ3) is 2.01. The molecule has 3 heteroatoms. The second-order valence-corrected chi connectivity index (χ2v) is 4.31. The molecule has 0 saturated heterocycles. The molecule has 0 bridgehead atoms. The zero-order chi connectivity index (χ0) is 11.7. The van der Waals surface area contributed by atoms with Gasteiger partial charge in [0.1, 0.15) is 0 Å². The summed E-state index contributed by atoms with van der Waals surface area (Å²) in [5.41, 5.74) is 3.49. The fourth-order valence-corrected chi connectivity index (χ4v) is 2.24. The van der Waals surface area contributed by atoms with Gasteiger partial charge < -0.3 is 10.3 Å². The van der Waals surface area contributed by atoms with Crippen molar-refractivity contribution in [3.05, 3.63) is 52.3 Å². The van der Waals surface area contributed by atoms with Crippen molar-refractivity contribution >= 4 is 16.5 Å². The Hall–Kier alpha value is -1.87. The van der Waals surface area contributed by atoms with Gasteiger partial charge in [0.05, 0.1) is 0 Å². The first-order valence-electron chi connectivity index (χ1n) is 5.86. The highest BCUT2D eigenvalue weighted by Gasteiger charge is 2.06. The van der Waals surface area contributed by atoms with Gasteiger partial charge in [-0.05, 0) is 47.7 Å². The summed E-state index contributed by atoms with van der Waals surface area (Å²) in [6.45, 7) is 1.98. The highest BCUT2D eigenvalue weighted by atomic mass is 16.1. The van der Waals surface area contributed by atoms with Crippen molar-refractivity contribution in [2.24, 2.45) is 0 Å². The Balaban J connectivity index is 2.10. The molecule has 0 fully saturated rings.